The van der Waals surface area contributed by atoms with Crippen molar-refractivity contribution in [2.24, 2.45) is 4.99 Å². The number of hydrogen-bond donors (Lipinski definition) is 0. The van der Waals surface area contributed by atoms with Gasteiger partial charge in [-0.1, -0.05) is 11.6 Å². The first-order valence-corrected chi connectivity index (χ1v) is 3.58. The van der Waals surface area contributed by atoms with Crippen LogP contribution >= 0.6 is 11.6 Å². The Kier molecular flexibility index (Phi) is 1.32. The molecular formula is C7H5ClN2O. The van der Waals surface area contributed by atoms with Gasteiger partial charge in [-0.25, -0.2) is 0 Å². The third-order valence-corrected chi connectivity index (χ3v) is 1.85. The summed E-state index contributed by atoms with van der Waals surface area (Å²) in [7, 11) is 0. The van der Waals surface area contributed by atoms with E-state index in [0.717, 1.165) is 0 Å². The van der Waals surface area contributed by atoms with Crippen molar-refractivity contribution in [2.75, 3.05) is 6.54 Å². The second kappa shape index (κ2) is 2.20. The maximum Gasteiger partial charge on any atom is 0.254 e. The van der Waals surface area contributed by atoms with Gasteiger partial charge in [-0.2, -0.15) is 0 Å². The number of rotatable bonds is 0. The van der Waals surface area contributed by atoms with Crippen LogP contribution in [0.4, 0.5) is 0 Å². The molecule has 3 nitrogen and oxygen atoms in total. The molecule has 2 rings (SSSR count). The molecule has 4 heteroatoms. The van der Waals surface area contributed by atoms with Crippen molar-refractivity contribution in [3.05, 3.63) is 23.4 Å². The average Bonchev–Trinajstić information content (AvgIpc) is 2.35. The number of fused-ring (bicyclic) bond motifs is 1. The third-order valence-electron chi connectivity index (χ3n) is 1.55. The molecule has 1 amide bonds. The van der Waals surface area contributed by atoms with Crippen molar-refractivity contribution in [1.82, 2.24) is 4.90 Å². The van der Waals surface area contributed by atoms with E-state index in [1.165, 1.54) is 4.90 Å². The molecule has 0 radical (unpaired) electrons. The number of allylic oxidation sites excluding steroid dienone is 2. The second-order valence-electron chi connectivity index (χ2n) is 2.26. The molecule has 0 atom stereocenters. The van der Waals surface area contributed by atoms with Gasteiger partial charge in [-0.3, -0.25) is 14.7 Å². The van der Waals surface area contributed by atoms with Crippen molar-refractivity contribution >= 4 is 23.3 Å². The number of aliphatic imine (C=N–C) groups is 1. The van der Waals surface area contributed by atoms with Crippen LogP contribution in [0.15, 0.2) is 28.4 Å². The van der Waals surface area contributed by atoms with Gasteiger partial charge in [-0.15, -0.1) is 0 Å². The van der Waals surface area contributed by atoms with Crippen molar-refractivity contribution in [3.63, 3.8) is 0 Å². The molecule has 0 aromatic heterocycles. The van der Waals surface area contributed by atoms with Gasteiger partial charge in [0.15, 0.2) is 5.84 Å². The van der Waals surface area contributed by atoms with Crippen LogP contribution in [0.25, 0.3) is 0 Å². The first kappa shape index (κ1) is 6.61. The van der Waals surface area contributed by atoms with E-state index in [9.17, 15) is 4.79 Å². The molecule has 0 fully saturated rings. The molecule has 0 spiro atoms. The van der Waals surface area contributed by atoms with Crippen LogP contribution < -0.4 is 0 Å². The van der Waals surface area contributed by atoms with E-state index in [2.05, 4.69) is 4.99 Å². The Morgan fingerprint density at radius 3 is 3.18 bits per heavy atom. The van der Waals surface area contributed by atoms with Crippen LogP contribution in [0.3, 0.4) is 0 Å². The lowest BCUT2D eigenvalue weighted by molar-refractivity contribution is -0.123. The molecule has 0 aromatic rings. The Hall–Kier alpha value is -1.09. The van der Waals surface area contributed by atoms with Crippen molar-refractivity contribution in [3.8, 4) is 0 Å². The van der Waals surface area contributed by atoms with Crippen LogP contribution in [-0.4, -0.2) is 23.2 Å². The number of carbonyl (C=O) groups excluding carboxylic acids is 1. The fourth-order valence-corrected chi connectivity index (χ4v) is 1.27. The number of carbonyl (C=O) groups is 1. The number of nitrogens with zero attached hydrogens (tertiary/aromatic N) is 2. The van der Waals surface area contributed by atoms with E-state index in [4.69, 9.17) is 11.6 Å². The summed E-state index contributed by atoms with van der Waals surface area (Å²) >= 11 is 5.77. The van der Waals surface area contributed by atoms with Gasteiger partial charge in [0.2, 0.25) is 0 Å². The number of amidine groups is 1. The fourth-order valence-electron chi connectivity index (χ4n) is 1.05. The largest absolute Gasteiger partial charge is 0.272 e. The Morgan fingerprint density at radius 2 is 2.45 bits per heavy atom. The fraction of sp³-hybridized carbons (Fsp3) is 0.143. The molecule has 0 saturated heterocycles. The standard InChI is InChI=1S/C7H5ClN2O/c8-5-2-1-3-10-6(11)4-9-7(5)10/h1-3H,4H2. The minimum absolute atomic E-state index is 0.0255. The molecule has 2 aliphatic rings. The topological polar surface area (TPSA) is 32.7 Å². The van der Waals surface area contributed by atoms with Gasteiger partial charge in [0.05, 0.1) is 5.03 Å². The van der Waals surface area contributed by atoms with Crippen molar-refractivity contribution < 1.29 is 4.79 Å². The zero-order chi connectivity index (χ0) is 7.84. The molecule has 56 valence electrons. The summed E-state index contributed by atoms with van der Waals surface area (Å²) in [4.78, 5) is 16.5. The molecule has 0 unspecified atom stereocenters. The Balaban J connectivity index is 2.43. The highest BCUT2D eigenvalue weighted by atomic mass is 35.5. The molecule has 0 bridgehead atoms. The summed E-state index contributed by atoms with van der Waals surface area (Å²) in [6, 6.07) is 0. The molecular weight excluding hydrogens is 164 g/mol. The highest BCUT2D eigenvalue weighted by Crippen LogP contribution is 2.18. The second-order valence-corrected chi connectivity index (χ2v) is 2.67. The summed E-state index contributed by atoms with van der Waals surface area (Å²) < 4.78 is 0. The highest BCUT2D eigenvalue weighted by Gasteiger charge is 2.26. The quantitative estimate of drug-likeness (QED) is 0.529. The van der Waals surface area contributed by atoms with Gasteiger partial charge in [-0.05, 0) is 12.2 Å². The molecule has 11 heavy (non-hydrogen) atoms. The Bertz CT molecular complexity index is 304. The maximum atomic E-state index is 11.0. The smallest absolute Gasteiger partial charge is 0.254 e. The first-order chi connectivity index (χ1) is 5.29. The van der Waals surface area contributed by atoms with Crippen LogP contribution in [0.2, 0.25) is 0 Å². The number of amides is 1. The van der Waals surface area contributed by atoms with Crippen LogP contribution in [0.1, 0.15) is 0 Å². The van der Waals surface area contributed by atoms with Crippen LogP contribution in [0, 0.1) is 0 Å². The van der Waals surface area contributed by atoms with E-state index in [0.29, 0.717) is 10.9 Å². The molecule has 0 aliphatic carbocycles. The Labute approximate surface area is 68.7 Å². The number of halogens is 1. The summed E-state index contributed by atoms with van der Waals surface area (Å²) in [6.45, 7) is 0.212. The molecule has 0 saturated carbocycles. The third kappa shape index (κ3) is 0.886. The Morgan fingerprint density at radius 1 is 1.64 bits per heavy atom. The zero-order valence-corrected chi connectivity index (χ0v) is 6.38. The minimum atomic E-state index is -0.0255. The maximum absolute atomic E-state index is 11.0. The summed E-state index contributed by atoms with van der Waals surface area (Å²) in [5.41, 5.74) is 0. The van der Waals surface area contributed by atoms with E-state index in [1.807, 2.05) is 0 Å². The minimum Gasteiger partial charge on any atom is -0.272 e. The zero-order valence-electron chi connectivity index (χ0n) is 5.62. The van der Waals surface area contributed by atoms with Crippen molar-refractivity contribution in [1.29, 1.82) is 0 Å². The van der Waals surface area contributed by atoms with Gasteiger partial charge in [0.25, 0.3) is 5.91 Å². The van der Waals surface area contributed by atoms with Crippen LogP contribution in [0.5, 0.6) is 0 Å². The summed E-state index contributed by atoms with van der Waals surface area (Å²) in [6.07, 6.45) is 5.11. The molecule has 2 aliphatic heterocycles. The van der Waals surface area contributed by atoms with Gasteiger partial charge < -0.3 is 0 Å². The van der Waals surface area contributed by atoms with Gasteiger partial charge in [0, 0.05) is 6.20 Å². The summed E-state index contributed by atoms with van der Waals surface area (Å²) in [5.74, 6) is 0.543. The van der Waals surface area contributed by atoms with Crippen LogP contribution in [-0.2, 0) is 4.79 Å². The highest BCUT2D eigenvalue weighted by molar-refractivity contribution is 6.45. The molecule has 0 N–H and O–H groups in total. The SMILES string of the molecule is O=C1CN=C2C(Cl)=CC=CN12. The average molecular weight is 169 g/mol. The monoisotopic (exact) mass is 168 g/mol. The summed E-state index contributed by atoms with van der Waals surface area (Å²) in [5, 5.41) is 0.526. The lowest BCUT2D eigenvalue weighted by Crippen LogP contribution is -2.28. The predicted octanol–water partition coefficient (Wildman–Crippen LogP) is 0.877. The van der Waals surface area contributed by atoms with E-state index < -0.39 is 0 Å². The van der Waals surface area contributed by atoms with E-state index >= 15 is 0 Å². The molecule has 2 heterocycles. The van der Waals surface area contributed by atoms with E-state index in [-0.39, 0.29) is 12.5 Å². The van der Waals surface area contributed by atoms with Gasteiger partial charge in [0.1, 0.15) is 6.54 Å². The molecule has 0 aromatic carbocycles. The van der Waals surface area contributed by atoms with Crippen molar-refractivity contribution in [2.45, 2.75) is 0 Å². The van der Waals surface area contributed by atoms with E-state index in [1.54, 1.807) is 18.4 Å². The lowest BCUT2D eigenvalue weighted by Gasteiger charge is -2.14. The first-order valence-electron chi connectivity index (χ1n) is 3.20. The van der Waals surface area contributed by atoms with Gasteiger partial charge >= 0.3 is 0 Å². The lowest BCUT2D eigenvalue weighted by atomic mass is 10.3. The normalized spacial score (nSPS) is 21.5. The predicted molar refractivity (Wildman–Crippen MR) is 42.2 cm³/mol. The number of hydrogen-bond acceptors (Lipinski definition) is 2.